The van der Waals surface area contributed by atoms with Gasteiger partial charge in [0.25, 0.3) is 0 Å². The van der Waals surface area contributed by atoms with E-state index in [9.17, 15) is 0 Å². The topological polar surface area (TPSA) is 33.1 Å². The molecular weight excluding hydrogens is 224 g/mol. The van der Waals surface area contributed by atoms with Crippen molar-refractivity contribution in [3.63, 3.8) is 0 Å². The van der Waals surface area contributed by atoms with Crippen LogP contribution in [0.15, 0.2) is 18.5 Å². The van der Waals surface area contributed by atoms with E-state index in [4.69, 9.17) is 0 Å². The van der Waals surface area contributed by atoms with Crippen LogP contribution in [0.1, 0.15) is 20.3 Å². The van der Waals surface area contributed by atoms with Gasteiger partial charge in [-0.2, -0.15) is 5.10 Å². The lowest BCUT2D eigenvalue weighted by atomic mass is 10.1. The zero-order valence-electron chi connectivity index (χ0n) is 11.7. The summed E-state index contributed by atoms with van der Waals surface area (Å²) in [5, 5.41) is 7.82. The van der Waals surface area contributed by atoms with E-state index in [1.165, 1.54) is 26.1 Å². The smallest absolute Gasteiger partial charge is 0.0536 e. The van der Waals surface area contributed by atoms with E-state index in [0.717, 1.165) is 31.5 Å². The average Bonchev–Trinajstić information content (AvgIpc) is 2.96. The van der Waals surface area contributed by atoms with Crippen LogP contribution in [0.2, 0.25) is 0 Å². The highest BCUT2D eigenvalue weighted by molar-refractivity contribution is 4.80. The van der Waals surface area contributed by atoms with E-state index in [0.29, 0.717) is 0 Å². The Bertz CT molecular complexity index is 321. The molecule has 0 saturated carbocycles. The summed E-state index contributed by atoms with van der Waals surface area (Å²) in [6, 6.07) is 1.99. The summed E-state index contributed by atoms with van der Waals surface area (Å²) < 4.78 is 2.02. The van der Waals surface area contributed by atoms with Gasteiger partial charge in [-0.25, -0.2) is 0 Å². The minimum absolute atomic E-state index is 0.752. The Morgan fingerprint density at radius 1 is 1.39 bits per heavy atom. The van der Waals surface area contributed by atoms with Crippen molar-refractivity contribution in [2.24, 2.45) is 11.8 Å². The molecule has 1 atom stereocenters. The Balaban J connectivity index is 1.59. The molecule has 1 N–H and O–H groups in total. The van der Waals surface area contributed by atoms with Gasteiger partial charge in [-0.3, -0.25) is 4.68 Å². The molecule has 0 spiro atoms. The first kappa shape index (κ1) is 13.6. The molecule has 1 saturated heterocycles. The summed E-state index contributed by atoms with van der Waals surface area (Å²) >= 11 is 0. The number of rotatable bonds is 7. The lowest BCUT2D eigenvalue weighted by molar-refractivity contribution is 0.301. The molecule has 4 heteroatoms. The second-order valence-electron chi connectivity index (χ2n) is 5.78. The second-order valence-corrected chi connectivity index (χ2v) is 5.78. The third-order valence-corrected chi connectivity index (χ3v) is 3.56. The van der Waals surface area contributed by atoms with E-state index in [-0.39, 0.29) is 0 Å². The highest BCUT2D eigenvalue weighted by atomic mass is 15.3. The van der Waals surface area contributed by atoms with Gasteiger partial charge in [0, 0.05) is 25.5 Å². The summed E-state index contributed by atoms with van der Waals surface area (Å²) in [5.74, 6) is 1.59. The molecule has 1 fully saturated rings. The van der Waals surface area contributed by atoms with E-state index in [1.54, 1.807) is 0 Å². The largest absolute Gasteiger partial charge is 0.316 e. The third kappa shape index (κ3) is 4.42. The minimum atomic E-state index is 0.752. The Hall–Kier alpha value is -0.870. The Kier molecular flexibility index (Phi) is 5.20. The van der Waals surface area contributed by atoms with Crippen LogP contribution in [0.4, 0.5) is 0 Å². The highest BCUT2D eigenvalue weighted by Crippen LogP contribution is 2.15. The quantitative estimate of drug-likeness (QED) is 0.795. The van der Waals surface area contributed by atoms with Gasteiger partial charge in [0.2, 0.25) is 0 Å². The van der Waals surface area contributed by atoms with Crippen LogP contribution >= 0.6 is 0 Å². The van der Waals surface area contributed by atoms with Crippen LogP contribution in [-0.4, -0.2) is 47.4 Å². The number of hydrogen-bond donors (Lipinski definition) is 1. The molecule has 1 aliphatic heterocycles. The van der Waals surface area contributed by atoms with Gasteiger partial charge in [-0.05, 0) is 44.0 Å². The SMILES string of the molecule is CC(C)CNCC1CCN(CCn2cccn2)C1. The lowest BCUT2D eigenvalue weighted by Gasteiger charge is -2.16. The number of hydrogen-bond acceptors (Lipinski definition) is 3. The first-order valence-electron chi connectivity index (χ1n) is 7.14. The zero-order chi connectivity index (χ0) is 12.8. The molecule has 1 aliphatic rings. The maximum atomic E-state index is 4.24. The van der Waals surface area contributed by atoms with Crippen molar-refractivity contribution in [3.8, 4) is 0 Å². The molecule has 0 bridgehead atoms. The molecule has 0 amide bonds. The summed E-state index contributed by atoms with van der Waals surface area (Å²) in [7, 11) is 0. The van der Waals surface area contributed by atoms with Crippen LogP contribution in [-0.2, 0) is 6.54 Å². The van der Waals surface area contributed by atoms with Crippen molar-refractivity contribution in [2.45, 2.75) is 26.8 Å². The maximum Gasteiger partial charge on any atom is 0.0536 e. The Morgan fingerprint density at radius 3 is 3.00 bits per heavy atom. The van der Waals surface area contributed by atoms with Crippen LogP contribution in [0, 0.1) is 11.8 Å². The van der Waals surface area contributed by atoms with Gasteiger partial charge >= 0.3 is 0 Å². The summed E-state index contributed by atoms with van der Waals surface area (Å²) in [6.45, 7) is 11.5. The Morgan fingerprint density at radius 2 is 2.28 bits per heavy atom. The van der Waals surface area contributed by atoms with Crippen molar-refractivity contribution in [3.05, 3.63) is 18.5 Å². The first-order chi connectivity index (χ1) is 8.74. The Labute approximate surface area is 110 Å². The van der Waals surface area contributed by atoms with E-state index in [2.05, 4.69) is 29.2 Å². The number of aromatic nitrogens is 2. The lowest BCUT2D eigenvalue weighted by Crippen LogP contribution is -2.30. The first-order valence-corrected chi connectivity index (χ1v) is 7.14. The zero-order valence-corrected chi connectivity index (χ0v) is 11.7. The van der Waals surface area contributed by atoms with Crippen molar-refractivity contribution < 1.29 is 0 Å². The van der Waals surface area contributed by atoms with Crippen LogP contribution in [0.5, 0.6) is 0 Å². The van der Waals surface area contributed by atoms with Gasteiger partial charge in [0.15, 0.2) is 0 Å². The van der Waals surface area contributed by atoms with Gasteiger partial charge in [0.1, 0.15) is 0 Å². The van der Waals surface area contributed by atoms with Crippen LogP contribution in [0.25, 0.3) is 0 Å². The molecule has 102 valence electrons. The van der Waals surface area contributed by atoms with Crippen LogP contribution in [0.3, 0.4) is 0 Å². The summed E-state index contributed by atoms with van der Waals surface area (Å²) in [5.41, 5.74) is 0. The monoisotopic (exact) mass is 250 g/mol. The molecule has 0 aliphatic carbocycles. The molecule has 0 aromatic carbocycles. The summed E-state index contributed by atoms with van der Waals surface area (Å²) in [4.78, 5) is 2.56. The second kappa shape index (κ2) is 6.90. The van der Waals surface area contributed by atoms with Gasteiger partial charge in [0.05, 0.1) is 6.54 Å². The fourth-order valence-electron chi connectivity index (χ4n) is 2.54. The molecule has 0 radical (unpaired) electrons. The van der Waals surface area contributed by atoms with Gasteiger partial charge in [-0.1, -0.05) is 13.8 Å². The molecule has 2 heterocycles. The standard InChI is InChI=1S/C14H26N4/c1-13(2)10-15-11-14-4-7-17(12-14)8-9-18-6-3-5-16-18/h3,5-6,13-15H,4,7-12H2,1-2H3. The van der Waals surface area contributed by atoms with Gasteiger partial charge in [-0.15, -0.1) is 0 Å². The number of nitrogens with zero attached hydrogens (tertiary/aromatic N) is 3. The molecule has 18 heavy (non-hydrogen) atoms. The van der Waals surface area contributed by atoms with E-state index >= 15 is 0 Å². The number of likely N-dealkylation sites (tertiary alicyclic amines) is 1. The predicted molar refractivity (Wildman–Crippen MR) is 74.5 cm³/mol. The van der Waals surface area contributed by atoms with Crippen molar-refractivity contribution in [2.75, 3.05) is 32.7 Å². The highest BCUT2D eigenvalue weighted by Gasteiger charge is 2.21. The molecule has 2 rings (SSSR count). The normalized spacial score (nSPS) is 20.9. The van der Waals surface area contributed by atoms with Crippen LogP contribution < -0.4 is 5.32 Å². The molecular formula is C14H26N4. The number of nitrogens with one attached hydrogen (secondary N) is 1. The average molecular weight is 250 g/mol. The third-order valence-electron chi connectivity index (χ3n) is 3.56. The van der Waals surface area contributed by atoms with Crippen molar-refractivity contribution >= 4 is 0 Å². The van der Waals surface area contributed by atoms with Crippen molar-refractivity contribution in [1.82, 2.24) is 20.0 Å². The van der Waals surface area contributed by atoms with E-state index < -0.39 is 0 Å². The van der Waals surface area contributed by atoms with Gasteiger partial charge < -0.3 is 10.2 Å². The summed E-state index contributed by atoms with van der Waals surface area (Å²) in [6.07, 6.45) is 5.23. The predicted octanol–water partition coefficient (Wildman–Crippen LogP) is 1.45. The molecule has 1 aromatic rings. The maximum absolute atomic E-state index is 4.24. The fourth-order valence-corrected chi connectivity index (χ4v) is 2.54. The fraction of sp³-hybridized carbons (Fsp3) is 0.786. The minimum Gasteiger partial charge on any atom is -0.316 e. The molecule has 1 unspecified atom stereocenters. The van der Waals surface area contributed by atoms with Crippen molar-refractivity contribution in [1.29, 1.82) is 0 Å². The molecule has 4 nitrogen and oxygen atoms in total. The molecule has 1 aromatic heterocycles. The van der Waals surface area contributed by atoms with E-state index in [1.807, 2.05) is 23.1 Å².